The van der Waals surface area contributed by atoms with Gasteiger partial charge in [0.05, 0.1) is 27.9 Å². The molecule has 4 rings (SSSR count). The maximum Gasteiger partial charge on any atom is 0.258 e. The second-order valence-electron chi connectivity index (χ2n) is 7.02. The average Bonchev–Trinajstić information content (AvgIpc) is 2.82. The highest BCUT2D eigenvalue weighted by molar-refractivity contribution is 6.31. The molecule has 0 spiro atoms. The summed E-state index contributed by atoms with van der Waals surface area (Å²) >= 11 is 12.1. The summed E-state index contributed by atoms with van der Waals surface area (Å²) in [7, 11) is 0. The van der Waals surface area contributed by atoms with Gasteiger partial charge in [0.15, 0.2) is 0 Å². The van der Waals surface area contributed by atoms with E-state index in [2.05, 4.69) is 20.6 Å². The Hall–Kier alpha value is -3.48. The van der Waals surface area contributed by atoms with Gasteiger partial charge >= 0.3 is 0 Å². The van der Waals surface area contributed by atoms with Crippen LogP contribution in [0, 0.1) is 0 Å². The Labute approximate surface area is 195 Å². The summed E-state index contributed by atoms with van der Waals surface area (Å²) in [4.78, 5) is 34.1. The summed E-state index contributed by atoms with van der Waals surface area (Å²) in [6.45, 7) is 0. The van der Waals surface area contributed by atoms with Crippen molar-refractivity contribution in [2.75, 3.05) is 5.32 Å². The molecule has 2 N–H and O–H groups in total. The topological polar surface area (TPSA) is 83.5 Å². The van der Waals surface area contributed by atoms with E-state index in [-0.39, 0.29) is 10.9 Å². The summed E-state index contributed by atoms with van der Waals surface area (Å²) in [6.07, 6.45) is 5.35. The van der Waals surface area contributed by atoms with Gasteiger partial charge in [-0.1, -0.05) is 41.9 Å². The number of nitrogens with zero attached hydrogens (tertiary/aromatic N) is 2. The average molecular weight is 465 g/mol. The Morgan fingerprint density at radius 2 is 1.78 bits per heavy atom. The molecule has 2 heterocycles. The van der Waals surface area contributed by atoms with Crippen LogP contribution >= 0.6 is 23.2 Å². The number of hydrogen-bond acceptors (Lipinski definition) is 4. The van der Waals surface area contributed by atoms with E-state index in [9.17, 15) is 9.59 Å². The van der Waals surface area contributed by atoms with Crippen molar-refractivity contribution in [3.8, 4) is 11.3 Å². The zero-order valence-corrected chi connectivity index (χ0v) is 18.3. The van der Waals surface area contributed by atoms with E-state index in [1.165, 1.54) is 12.3 Å². The number of hydrogen-bond donors (Lipinski definition) is 2. The van der Waals surface area contributed by atoms with Crippen molar-refractivity contribution in [3.05, 3.63) is 94.9 Å². The second kappa shape index (κ2) is 9.77. The molecular weight excluding hydrogens is 447 g/mol. The Balaban J connectivity index is 1.51. The molecular formula is C24H18Cl2N4O2. The SMILES string of the molecule is O=C(Nc1ccc(Cl)cc1C(=O)NC1=CCC(Cl)C=N1)c1ccc(-c2ccccc2)nc1. The van der Waals surface area contributed by atoms with Gasteiger partial charge in [0.1, 0.15) is 5.82 Å². The third-order valence-corrected chi connectivity index (χ3v) is 5.25. The molecule has 0 saturated heterocycles. The number of halogens is 2. The lowest BCUT2D eigenvalue weighted by molar-refractivity contribution is 0.0966. The van der Waals surface area contributed by atoms with Crippen LogP contribution in [-0.2, 0) is 0 Å². The zero-order valence-electron chi connectivity index (χ0n) is 16.8. The van der Waals surface area contributed by atoms with Crippen molar-refractivity contribution in [1.29, 1.82) is 0 Å². The summed E-state index contributed by atoms with van der Waals surface area (Å²) in [5, 5.41) is 5.64. The highest BCUT2D eigenvalue weighted by Gasteiger charge is 2.17. The number of benzene rings is 2. The molecule has 6 nitrogen and oxygen atoms in total. The first-order valence-corrected chi connectivity index (χ1v) is 10.6. The van der Waals surface area contributed by atoms with Gasteiger partial charge in [-0.3, -0.25) is 14.6 Å². The Morgan fingerprint density at radius 3 is 2.47 bits per heavy atom. The smallest absolute Gasteiger partial charge is 0.258 e. The minimum Gasteiger partial charge on any atom is -0.321 e. The summed E-state index contributed by atoms with van der Waals surface area (Å²) in [6, 6.07) is 17.8. The number of allylic oxidation sites excluding steroid dienone is 1. The predicted molar refractivity (Wildman–Crippen MR) is 127 cm³/mol. The summed E-state index contributed by atoms with van der Waals surface area (Å²) < 4.78 is 0. The molecule has 160 valence electrons. The van der Waals surface area contributed by atoms with Gasteiger partial charge in [-0.2, -0.15) is 0 Å². The molecule has 1 atom stereocenters. The van der Waals surface area contributed by atoms with E-state index in [4.69, 9.17) is 23.2 Å². The number of nitrogens with one attached hydrogen (secondary N) is 2. The van der Waals surface area contributed by atoms with Gasteiger partial charge < -0.3 is 10.6 Å². The van der Waals surface area contributed by atoms with Crippen LogP contribution in [0.1, 0.15) is 27.1 Å². The van der Waals surface area contributed by atoms with Gasteiger partial charge in [0.2, 0.25) is 0 Å². The maximum absolute atomic E-state index is 12.8. The normalized spacial score (nSPS) is 15.1. The minimum absolute atomic E-state index is 0.196. The first kappa shape index (κ1) is 21.7. The monoisotopic (exact) mass is 464 g/mol. The summed E-state index contributed by atoms with van der Waals surface area (Å²) in [5.74, 6) is -0.449. The van der Waals surface area contributed by atoms with Crippen LogP contribution in [0.3, 0.4) is 0 Å². The predicted octanol–water partition coefficient (Wildman–Crippen LogP) is 5.31. The lowest BCUT2D eigenvalue weighted by Gasteiger charge is -2.14. The van der Waals surface area contributed by atoms with E-state index in [1.54, 1.807) is 36.6 Å². The number of carbonyl (C=O) groups is 2. The summed E-state index contributed by atoms with van der Waals surface area (Å²) in [5.41, 5.74) is 2.60. The van der Waals surface area contributed by atoms with Crippen molar-refractivity contribution < 1.29 is 9.59 Å². The maximum atomic E-state index is 12.8. The first-order valence-electron chi connectivity index (χ1n) is 9.82. The van der Waals surface area contributed by atoms with E-state index < -0.39 is 11.8 Å². The van der Waals surface area contributed by atoms with Crippen molar-refractivity contribution in [2.24, 2.45) is 4.99 Å². The molecule has 0 fully saturated rings. The van der Waals surface area contributed by atoms with Crippen LogP contribution in [-0.4, -0.2) is 28.4 Å². The van der Waals surface area contributed by atoms with Crippen molar-refractivity contribution in [2.45, 2.75) is 11.8 Å². The van der Waals surface area contributed by atoms with Crippen LogP contribution in [0.15, 0.2) is 83.7 Å². The van der Waals surface area contributed by atoms with Crippen LogP contribution in [0.25, 0.3) is 11.3 Å². The number of pyridine rings is 1. The molecule has 1 unspecified atom stereocenters. The van der Waals surface area contributed by atoms with Gasteiger partial charge in [0, 0.05) is 23.0 Å². The molecule has 3 aromatic rings. The molecule has 0 radical (unpaired) electrons. The van der Waals surface area contributed by atoms with E-state index in [1.807, 2.05) is 30.3 Å². The third kappa shape index (κ3) is 5.22. The first-order chi connectivity index (χ1) is 15.5. The molecule has 8 heteroatoms. The Morgan fingerprint density at radius 1 is 0.969 bits per heavy atom. The van der Waals surface area contributed by atoms with Crippen LogP contribution in [0.2, 0.25) is 5.02 Å². The molecule has 2 aromatic carbocycles. The number of aromatic nitrogens is 1. The Bertz CT molecular complexity index is 1210. The lowest BCUT2D eigenvalue weighted by Crippen LogP contribution is -2.25. The fourth-order valence-electron chi connectivity index (χ4n) is 3.08. The third-order valence-electron chi connectivity index (χ3n) is 4.72. The number of amides is 2. The lowest BCUT2D eigenvalue weighted by atomic mass is 10.1. The minimum atomic E-state index is -0.447. The van der Waals surface area contributed by atoms with Crippen molar-refractivity contribution in [3.63, 3.8) is 0 Å². The largest absolute Gasteiger partial charge is 0.321 e. The number of rotatable bonds is 5. The quantitative estimate of drug-likeness (QED) is 0.501. The number of alkyl halides is 1. The van der Waals surface area contributed by atoms with E-state index in [0.717, 1.165) is 11.3 Å². The highest BCUT2D eigenvalue weighted by atomic mass is 35.5. The molecule has 32 heavy (non-hydrogen) atoms. The fourth-order valence-corrected chi connectivity index (χ4v) is 3.40. The zero-order chi connectivity index (χ0) is 22.5. The van der Waals surface area contributed by atoms with Gasteiger partial charge in [0.25, 0.3) is 11.8 Å². The second-order valence-corrected chi connectivity index (χ2v) is 8.01. The van der Waals surface area contributed by atoms with Crippen molar-refractivity contribution >= 4 is 46.9 Å². The Kier molecular flexibility index (Phi) is 6.63. The van der Waals surface area contributed by atoms with Gasteiger partial charge in [-0.15, -0.1) is 11.6 Å². The molecule has 0 saturated carbocycles. The van der Waals surface area contributed by atoms with E-state index >= 15 is 0 Å². The van der Waals surface area contributed by atoms with Gasteiger partial charge in [-0.25, -0.2) is 4.99 Å². The van der Waals surface area contributed by atoms with E-state index in [0.29, 0.717) is 28.5 Å². The molecule has 0 aliphatic carbocycles. The molecule has 1 aliphatic heterocycles. The fraction of sp³-hybridized carbons (Fsp3) is 0.0833. The van der Waals surface area contributed by atoms with Crippen LogP contribution < -0.4 is 10.6 Å². The molecule has 2 amide bonds. The van der Waals surface area contributed by atoms with Crippen LogP contribution in [0.5, 0.6) is 0 Å². The molecule has 1 aromatic heterocycles. The van der Waals surface area contributed by atoms with Crippen molar-refractivity contribution in [1.82, 2.24) is 10.3 Å². The number of anilines is 1. The number of aliphatic imine (C=N–C) groups is 1. The van der Waals surface area contributed by atoms with Crippen LogP contribution in [0.4, 0.5) is 5.69 Å². The standard InChI is InChI=1S/C24H18Cl2N4O2/c25-17-7-10-21(19(12-17)24(32)30-22-11-8-18(26)14-28-22)29-23(31)16-6-9-20(27-13-16)15-4-2-1-3-5-15/h1-7,9-14,18H,8H2,(H,29,31)(H,30,32). The molecule has 0 bridgehead atoms. The number of carbonyl (C=O) groups excluding carboxylic acids is 2. The van der Waals surface area contributed by atoms with Gasteiger partial charge in [-0.05, 0) is 42.8 Å². The molecule has 1 aliphatic rings. The highest BCUT2D eigenvalue weighted by Crippen LogP contribution is 2.23.